The summed E-state index contributed by atoms with van der Waals surface area (Å²) in [6.45, 7) is 4.04. The summed E-state index contributed by atoms with van der Waals surface area (Å²) in [4.78, 5) is 12.4. The Morgan fingerprint density at radius 1 is 0.952 bits per heavy atom. The summed E-state index contributed by atoms with van der Waals surface area (Å²) in [7, 11) is 3.10. The second-order valence-electron chi connectivity index (χ2n) is 4.82. The number of benzene rings is 2. The average Bonchev–Trinajstić information content (AvgIpc) is 2.50. The summed E-state index contributed by atoms with van der Waals surface area (Å²) in [5.41, 5.74) is 3.51. The lowest BCUT2D eigenvalue weighted by Gasteiger charge is -2.11. The number of aryl methyl sites for hydroxylation is 2. The lowest BCUT2D eigenvalue weighted by Crippen LogP contribution is -2.13. The van der Waals surface area contributed by atoms with E-state index in [4.69, 9.17) is 9.47 Å². The minimum atomic E-state index is -0.228. The first-order valence-electron chi connectivity index (χ1n) is 6.65. The van der Waals surface area contributed by atoms with E-state index >= 15 is 0 Å². The third kappa shape index (κ3) is 3.34. The Hall–Kier alpha value is -2.49. The van der Waals surface area contributed by atoms with Gasteiger partial charge in [-0.2, -0.15) is 0 Å². The predicted molar refractivity (Wildman–Crippen MR) is 83.4 cm³/mol. The Kier molecular flexibility index (Phi) is 4.48. The second kappa shape index (κ2) is 6.31. The van der Waals surface area contributed by atoms with Crippen molar-refractivity contribution >= 4 is 11.6 Å². The van der Waals surface area contributed by atoms with Crippen LogP contribution in [0.15, 0.2) is 36.4 Å². The number of hydrogen-bond acceptors (Lipinski definition) is 3. The summed E-state index contributed by atoms with van der Waals surface area (Å²) >= 11 is 0. The topological polar surface area (TPSA) is 47.6 Å². The average molecular weight is 285 g/mol. The van der Waals surface area contributed by atoms with Crippen molar-refractivity contribution in [1.29, 1.82) is 0 Å². The zero-order valence-corrected chi connectivity index (χ0v) is 12.7. The van der Waals surface area contributed by atoms with E-state index in [1.807, 2.05) is 32.0 Å². The number of amides is 1. The zero-order chi connectivity index (χ0) is 15.4. The molecule has 0 heterocycles. The van der Waals surface area contributed by atoms with Crippen LogP contribution < -0.4 is 14.8 Å². The van der Waals surface area contributed by atoms with Gasteiger partial charge in [0.15, 0.2) is 0 Å². The molecule has 2 rings (SSSR count). The van der Waals surface area contributed by atoms with Gasteiger partial charge in [-0.3, -0.25) is 4.79 Å². The van der Waals surface area contributed by atoms with Crippen molar-refractivity contribution in [3.63, 3.8) is 0 Å². The quantitative estimate of drug-likeness (QED) is 0.934. The molecule has 0 unspecified atom stereocenters. The van der Waals surface area contributed by atoms with Gasteiger partial charge in [0.1, 0.15) is 11.5 Å². The fraction of sp³-hybridized carbons (Fsp3) is 0.235. The molecule has 0 aliphatic rings. The van der Waals surface area contributed by atoms with Gasteiger partial charge in [0.05, 0.1) is 19.8 Å². The molecule has 0 saturated heterocycles. The normalized spacial score (nSPS) is 10.1. The van der Waals surface area contributed by atoms with E-state index in [1.165, 1.54) is 12.7 Å². The molecule has 0 aromatic heterocycles. The van der Waals surface area contributed by atoms with E-state index in [0.29, 0.717) is 17.1 Å². The van der Waals surface area contributed by atoms with E-state index < -0.39 is 0 Å². The SMILES string of the molecule is COc1ccc(OC)c(C(=O)Nc2ccc(C)c(C)c2)c1. The minimum absolute atomic E-state index is 0.228. The van der Waals surface area contributed by atoms with E-state index in [0.717, 1.165) is 11.3 Å². The summed E-state index contributed by atoms with van der Waals surface area (Å²) in [5.74, 6) is 0.896. The van der Waals surface area contributed by atoms with Crippen LogP contribution in [0.2, 0.25) is 0 Å². The Labute approximate surface area is 124 Å². The molecule has 21 heavy (non-hydrogen) atoms. The zero-order valence-electron chi connectivity index (χ0n) is 12.7. The molecule has 4 heteroatoms. The van der Waals surface area contributed by atoms with Gasteiger partial charge >= 0.3 is 0 Å². The number of hydrogen-bond donors (Lipinski definition) is 1. The third-order valence-corrected chi connectivity index (χ3v) is 3.42. The van der Waals surface area contributed by atoms with Gasteiger partial charge in [-0.05, 0) is 55.3 Å². The van der Waals surface area contributed by atoms with Crippen LogP contribution in [-0.4, -0.2) is 20.1 Å². The molecule has 0 bridgehead atoms. The predicted octanol–water partition coefficient (Wildman–Crippen LogP) is 3.57. The van der Waals surface area contributed by atoms with E-state index in [1.54, 1.807) is 25.3 Å². The Balaban J connectivity index is 2.28. The molecular weight excluding hydrogens is 266 g/mol. The van der Waals surface area contributed by atoms with Crippen molar-refractivity contribution in [3.8, 4) is 11.5 Å². The molecule has 0 aliphatic heterocycles. The fourth-order valence-corrected chi connectivity index (χ4v) is 2.01. The van der Waals surface area contributed by atoms with Crippen molar-refractivity contribution in [3.05, 3.63) is 53.1 Å². The minimum Gasteiger partial charge on any atom is -0.497 e. The highest BCUT2D eigenvalue weighted by atomic mass is 16.5. The molecular formula is C17H19NO3. The largest absolute Gasteiger partial charge is 0.497 e. The van der Waals surface area contributed by atoms with Crippen LogP contribution in [0.3, 0.4) is 0 Å². The Morgan fingerprint density at radius 2 is 1.71 bits per heavy atom. The van der Waals surface area contributed by atoms with Crippen molar-refractivity contribution in [2.75, 3.05) is 19.5 Å². The third-order valence-electron chi connectivity index (χ3n) is 3.42. The van der Waals surface area contributed by atoms with Crippen molar-refractivity contribution in [2.24, 2.45) is 0 Å². The highest BCUT2D eigenvalue weighted by molar-refractivity contribution is 6.06. The van der Waals surface area contributed by atoms with Gasteiger partial charge < -0.3 is 14.8 Å². The summed E-state index contributed by atoms with van der Waals surface area (Å²) in [5, 5.41) is 2.88. The number of anilines is 1. The highest BCUT2D eigenvalue weighted by Gasteiger charge is 2.14. The van der Waals surface area contributed by atoms with Crippen molar-refractivity contribution in [1.82, 2.24) is 0 Å². The van der Waals surface area contributed by atoms with Crippen LogP contribution in [0.25, 0.3) is 0 Å². The molecule has 0 fully saturated rings. The lowest BCUT2D eigenvalue weighted by atomic mass is 10.1. The summed E-state index contributed by atoms with van der Waals surface area (Å²) < 4.78 is 10.4. The van der Waals surface area contributed by atoms with Gasteiger partial charge in [0.2, 0.25) is 0 Å². The van der Waals surface area contributed by atoms with Gasteiger partial charge in [-0.25, -0.2) is 0 Å². The monoisotopic (exact) mass is 285 g/mol. The maximum Gasteiger partial charge on any atom is 0.259 e. The van der Waals surface area contributed by atoms with E-state index in [-0.39, 0.29) is 5.91 Å². The number of ether oxygens (including phenoxy) is 2. The number of rotatable bonds is 4. The number of methoxy groups -OCH3 is 2. The molecule has 2 aromatic rings. The van der Waals surface area contributed by atoms with Crippen LogP contribution in [0.1, 0.15) is 21.5 Å². The molecule has 110 valence electrons. The molecule has 1 amide bonds. The first-order chi connectivity index (χ1) is 10.0. The second-order valence-corrected chi connectivity index (χ2v) is 4.82. The van der Waals surface area contributed by atoms with Crippen LogP contribution >= 0.6 is 0 Å². The smallest absolute Gasteiger partial charge is 0.259 e. The summed E-state index contributed by atoms with van der Waals surface area (Å²) in [6, 6.07) is 10.9. The molecule has 0 aliphatic carbocycles. The van der Waals surface area contributed by atoms with Crippen LogP contribution in [-0.2, 0) is 0 Å². The van der Waals surface area contributed by atoms with Crippen molar-refractivity contribution in [2.45, 2.75) is 13.8 Å². The van der Waals surface area contributed by atoms with Crippen molar-refractivity contribution < 1.29 is 14.3 Å². The standard InChI is InChI=1S/C17H19NO3/c1-11-5-6-13(9-12(11)2)18-17(19)15-10-14(20-3)7-8-16(15)21-4/h5-10H,1-4H3,(H,18,19). The maximum absolute atomic E-state index is 12.4. The molecule has 2 aromatic carbocycles. The first-order valence-corrected chi connectivity index (χ1v) is 6.65. The Bertz CT molecular complexity index is 665. The van der Waals surface area contributed by atoms with E-state index in [9.17, 15) is 4.79 Å². The van der Waals surface area contributed by atoms with Crippen LogP contribution in [0.5, 0.6) is 11.5 Å². The van der Waals surface area contributed by atoms with Crippen LogP contribution in [0, 0.1) is 13.8 Å². The molecule has 0 spiro atoms. The number of carbonyl (C=O) groups is 1. The molecule has 4 nitrogen and oxygen atoms in total. The molecule has 1 N–H and O–H groups in total. The Morgan fingerprint density at radius 3 is 2.33 bits per heavy atom. The molecule has 0 atom stereocenters. The van der Waals surface area contributed by atoms with E-state index in [2.05, 4.69) is 5.32 Å². The van der Waals surface area contributed by atoms with Gasteiger partial charge in [0.25, 0.3) is 5.91 Å². The maximum atomic E-state index is 12.4. The van der Waals surface area contributed by atoms with Gasteiger partial charge in [-0.1, -0.05) is 6.07 Å². The van der Waals surface area contributed by atoms with Gasteiger partial charge in [-0.15, -0.1) is 0 Å². The highest BCUT2D eigenvalue weighted by Crippen LogP contribution is 2.25. The van der Waals surface area contributed by atoms with Crippen LogP contribution in [0.4, 0.5) is 5.69 Å². The van der Waals surface area contributed by atoms with Gasteiger partial charge in [0, 0.05) is 5.69 Å². The lowest BCUT2D eigenvalue weighted by molar-refractivity contribution is 0.102. The fourth-order valence-electron chi connectivity index (χ4n) is 2.01. The number of nitrogens with one attached hydrogen (secondary N) is 1. The summed E-state index contributed by atoms with van der Waals surface area (Å²) in [6.07, 6.45) is 0. The first kappa shape index (κ1) is 14.9. The molecule has 0 saturated carbocycles. The number of carbonyl (C=O) groups excluding carboxylic acids is 1. The molecule has 0 radical (unpaired) electrons.